The van der Waals surface area contributed by atoms with Crippen molar-refractivity contribution in [1.82, 2.24) is 0 Å². The molecule has 3 aromatic carbocycles. The molecule has 5 nitrogen and oxygen atoms in total. The number of halogens is 1. The average molecular weight is 551 g/mol. The minimum Gasteiger partial charge on any atom is -0.354 e. The molecule has 0 bridgehead atoms. The number of hydrogen-bond donors (Lipinski definition) is 1. The van der Waals surface area contributed by atoms with Gasteiger partial charge in [0, 0.05) is 55.8 Å². The Labute approximate surface area is 223 Å². The molecule has 0 fully saturated rings. The molecule has 0 aromatic heterocycles. The van der Waals surface area contributed by atoms with E-state index < -0.39 is 5.41 Å². The number of carbonyl (C=O) groups excluding carboxylic acids is 3. The number of anilines is 2. The number of ketones is 2. The van der Waals surface area contributed by atoms with Crippen LogP contribution in [0.1, 0.15) is 48.2 Å². The van der Waals surface area contributed by atoms with Gasteiger partial charge < -0.3 is 5.32 Å². The number of amides is 1. The van der Waals surface area contributed by atoms with Gasteiger partial charge in [-0.25, -0.2) is 0 Å². The first-order chi connectivity index (χ1) is 17.7. The third-order valence-corrected chi connectivity index (χ3v) is 8.47. The van der Waals surface area contributed by atoms with Crippen molar-refractivity contribution in [3.05, 3.63) is 111 Å². The van der Waals surface area contributed by atoms with Gasteiger partial charge in [-0.15, -0.1) is 0 Å². The molecule has 2 heterocycles. The van der Waals surface area contributed by atoms with E-state index in [-0.39, 0.29) is 22.9 Å². The molecule has 3 aromatic rings. The molecule has 1 unspecified atom stereocenters. The second-order valence-corrected chi connectivity index (χ2v) is 11.8. The second kappa shape index (κ2) is 7.39. The number of Topliss-reactive ketones (excluding diaryl/α,β-unsaturated/α-hetero) is 2. The Kier molecular flexibility index (Phi) is 4.48. The zero-order chi connectivity index (χ0) is 25.7. The molecule has 2 aliphatic carbocycles. The normalized spacial score (nSPS) is 23.2. The van der Waals surface area contributed by atoms with Crippen molar-refractivity contribution in [1.29, 1.82) is 0 Å². The third-order valence-electron chi connectivity index (χ3n) is 7.97. The Morgan fingerprint density at radius 2 is 1.54 bits per heavy atom. The fourth-order valence-corrected chi connectivity index (χ4v) is 6.97. The van der Waals surface area contributed by atoms with Crippen LogP contribution in [0.25, 0.3) is 5.70 Å². The van der Waals surface area contributed by atoms with Gasteiger partial charge in [0.05, 0.1) is 5.70 Å². The topological polar surface area (TPSA) is 66.5 Å². The summed E-state index contributed by atoms with van der Waals surface area (Å²) >= 11 is 3.58. The molecule has 0 saturated heterocycles. The largest absolute Gasteiger partial charge is 0.354 e. The summed E-state index contributed by atoms with van der Waals surface area (Å²) in [5.74, 6) is -0.567. The van der Waals surface area contributed by atoms with E-state index in [1.165, 1.54) is 0 Å². The van der Waals surface area contributed by atoms with Crippen molar-refractivity contribution < 1.29 is 14.4 Å². The number of hydrogen-bond acceptors (Lipinski definition) is 4. The van der Waals surface area contributed by atoms with Crippen LogP contribution in [0.2, 0.25) is 0 Å². The van der Waals surface area contributed by atoms with Crippen LogP contribution in [0.4, 0.5) is 11.4 Å². The lowest BCUT2D eigenvalue weighted by atomic mass is 9.61. The highest BCUT2D eigenvalue weighted by atomic mass is 79.9. The molecule has 37 heavy (non-hydrogen) atoms. The van der Waals surface area contributed by atoms with Gasteiger partial charge >= 0.3 is 0 Å². The monoisotopic (exact) mass is 550 g/mol. The zero-order valence-electron chi connectivity index (χ0n) is 20.4. The first-order valence-electron chi connectivity index (χ1n) is 12.4. The number of carbonyl (C=O) groups is 3. The maximum absolute atomic E-state index is 15.0. The molecule has 4 aliphatic rings. The molecule has 6 heteroatoms. The maximum Gasteiger partial charge on any atom is 0.251 e. The fraction of sp³-hybridized carbons (Fsp3) is 0.194. The number of nitrogens with zero attached hydrogens (tertiary/aromatic N) is 1. The smallest absolute Gasteiger partial charge is 0.251 e. The zero-order valence-corrected chi connectivity index (χ0v) is 22.0. The Balaban J connectivity index is 1.62. The maximum atomic E-state index is 15.0. The third kappa shape index (κ3) is 2.82. The van der Waals surface area contributed by atoms with Gasteiger partial charge in [0.15, 0.2) is 11.6 Å². The van der Waals surface area contributed by atoms with Crippen molar-refractivity contribution >= 4 is 50.5 Å². The SMILES string of the molecule is CC1(C)CC(=O)C2=C(C1)N(c1ccccc1)C(=O)C21C2=C(Nc3ccc(Br)cc31)c1ccccc1C2=O. The Hall–Kier alpha value is -3.77. The van der Waals surface area contributed by atoms with Crippen molar-refractivity contribution in [2.45, 2.75) is 32.1 Å². The van der Waals surface area contributed by atoms with E-state index in [0.717, 1.165) is 15.7 Å². The van der Waals surface area contributed by atoms with E-state index in [1.807, 2.05) is 66.7 Å². The summed E-state index contributed by atoms with van der Waals surface area (Å²) in [7, 11) is 0. The number of para-hydroxylation sites is 1. The average Bonchev–Trinajstić information content (AvgIpc) is 3.29. The van der Waals surface area contributed by atoms with E-state index in [2.05, 4.69) is 35.1 Å². The fourth-order valence-electron chi connectivity index (χ4n) is 6.61. The van der Waals surface area contributed by atoms with E-state index in [4.69, 9.17) is 0 Å². The predicted molar refractivity (Wildman–Crippen MR) is 146 cm³/mol. The number of benzene rings is 3. The molecular formula is C31H23BrN2O3. The second-order valence-electron chi connectivity index (χ2n) is 10.9. The van der Waals surface area contributed by atoms with E-state index in [1.54, 1.807) is 11.0 Å². The highest BCUT2D eigenvalue weighted by Gasteiger charge is 2.65. The Bertz CT molecular complexity index is 1650. The van der Waals surface area contributed by atoms with Crippen molar-refractivity contribution in [2.24, 2.45) is 5.41 Å². The van der Waals surface area contributed by atoms with Crippen LogP contribution in [0.3, 0.4) is 0 Å². The van der Waals surface area contributed by atoms with Crippen LogP contribution in [-0.2, 0) is 15.0 Å². The molecule has 1 spiro atoms. The van der Waals surface area contributed by atoms with Crippen molar-refractivity contribution in [2.75, 3.05) is 10.2 Å². The molecule has 182 valence electrons. The van der Waals surface area contributed by atoms with Gasteiger partial charge in [0.25, 0.3) is 5.91 Å². The summed E-state index contributed by atoms with van der Waals surface area (Å²) in [5, 5.41) is 3.46. The van der Waals surface area contributed by atoms with Crippen LogP contribution in [0.15, 0.2) is 94.1 Å². The highest BCUT2D eigenvalue weighted by Crippen LogP contribution is 2.61. The quantitative estimate of drug-likeness (QED) is 0.380. The number of rotatable bonds is 1. The van der Waals surface area contributed by atoms with Crippen LogP contribution < -0.4 is 10.2 Å². The lowest BCUT2D eigenvalue weighted by Crippen LogP contribution is -2.47. The molecule has 0 saturated carbocycles. The summed E-state index contributed by atoms with van der Waals surface area (Å²) in [4.78, 5) is 45.0. The minimum atomic E-state index is -1.53. The standard InChI is InChI=1S/C31H23BrN2O3/c1-30(2)15-23-25(24(35)16-30)31(29(37)34(23)18-8-4-3-5-9-18)21-14-17(32)12-13-22(21)33-27-19-10-6-7-11-20(19)28(36)26(27)31/h3-14,33H,15-16H2,1-2H3. The van der Waals surface area contributed by atoms with Gasteiger partial charge in [0.2, 0.25) is 0 Å². The summed E-state index contributed by atoms with van der Waals surface area (Å²) in [6.07, 6.45) is 0.862. The number of allylic oxidation sites excluding steroid dienone is 1. The molecular weight excluding hydrogens is 528 g/mol. The molecule has 1 atom stereocenters. The lowest BCUT2D eigenvalue weighted by molar-refractivity contribution is -0.123. The molecule has 2 aliphatic heterocycles. The summed E-state index contributed by atoms with van der Waals surface area (Å²) in [6, 6.07) is 22.6. The first kappa shape index (κ1) is 22.4. The summed E-state index contributed by atoms with van der Waals surface area (Å²) < 4.78 is 0.774. The van der Waals surface area contributed by atoms with Gasteiger partial charge in [-0.1, -0.05) is 72.2 Å². The minimum absolute atomic E-state index is 0.0820. The first-order valence-corrected chi connectivity index (χ1v) is 13.2. The van der Waals surface area contributed by atoms with Crippen LogP contribution in [-0.4, -0.2) is 17.5 Å². The van der Waals surface area contributed by atoms with E-state index >= 15 is 4.79 Å². The number of fused-ring (bicyclic) bond motifs is 6. The van der Waals surface area contributed by atoms with Crippen molar-refractivity contribution in [3.63, 3.8) is 0 Å². The lowest BCUT2D eigenvalue weighted by Gasteiger charge is -2.39. The van der Waals surface area contributed by atoms with Crippen LogP contribution in [0.5, 0.6) is 0 Å². The van der Waals surface area contributed by atoms with Crippen LogP contribution >= 0.6 is 15.9 Å². The van der Waals surface area contributed by atoms with Crippen molar-refractivity contribution in [3.8, 4) is 0 Å². The van der Waals surface area contributed by atoms with Gasteiger partial charge in [0.1, 0.15) is 5.41 Å². The van der Waals surface area contributed by atoms with E-state index in [9.17, 15) is 9.59 Å². The number of nitrogens with one attached hydrogen (secondary N) is 1. The van der Waals surface area contributed by atoms with Gasteiger partial charge in [-0.3, -0.25) is 19.3 Å². The highest BCUT2D eigenvalue weighted by molar-refractivity contribution is 9.10. The van der Waals surface area contributed by atoms with Gasteiger partial charge in [-0.05, 0) is 42.2 Å². The molecule has 1 amide bonds. The Morgan fingerprint density at radius 1 is 0.838 bits per heavy atom. The summed E-state index contributed by atoms with van der Waals surface area (Å²) in [6.45, 7) is 4.11. The Morgan fingerprint density at radius 3 is 2.30 bits per heavy atom. The van der Waals surface area contributed by atoms with E-state index in [0.29, 0.717) is 52.2 Å². The van der Waals surface area contributed by atoms with Gasteiger partial charge in [-0.2, -0.15) is 0 Å². The summed E-state index contributed by atoms with van der Waals surface area (Å²) in [5.41, 5.74) is 3.60. The predicted octanol–water partition coefficient (Wildman–Crippen LogP) is 6.41. The molecule has 0 radical (unpaired) electrons. The van der Waals surface area contributed by atoms with Crippen LogP contribution in [0, 0.1) is 5.41 Å². The molecule has 7 rings (SSSR count). The molecule has 1 N–H and O–H groups in total.